The number of nitrogens with one attached hydrogen (secondary N) is 1. The van der Waals surface area contributed by atoms with Crippen LogP contribution in [0.25, 0.3) is 0 Å². The number of hydrazine groups is 1. The average Bonchev–Trinajstić information content (AvgIpc) is 2.83. The Morgan fingerprint density at radius 1 is 1.40 bits per heavy atom. The quantitative estimate of drug-likeness (QED) is 0.652. The Kier molecular flexibility index (Phi) is 4.46. The smallest absolute Gasteiger partial charge is 0.133 e. The van der Waals surface area contributed by atoms with Crippen molar-refractivity contribution < 1.29 is 8.78 Å². The molecule has 0 bridgehead atoms. The minimum atomic E-state index is -0.591. The lowest BCUT2D eigenvalue weighted by Gasteiger charge is -2.18. The summed E-state index contributed by atoms with van der Waals surface area (Å²) in [6.45, 7) is 1.60. The fourth-order valence-corrected chi connectivity index (χ4v) is 2.22. The third-order valence-corrected chi connectivity index (χ3v) is 3.45. The first-order valence-electron chi connectivity index (χ1n) is 6.41. The van der Waals surface area contributed by atoms with Crippen molar-refractivity contribution in [2.75, 3.05) is 0 Å². The second kappa shape index (κ2) is 6.11. The molecular weight excluding hydrogens is 262 g/mol. The van der Waals surface area contributed by atoms with Gasteiger partial charge in [-0.05, 0) is 25.0 Å². The maximum atomic E-state index is 14.1. The van der Waals surface area contributed by atoms with E-state index in [1.807, 2.05) is 17.8 Å². The number of hydrogen-bond donors (Lipinski definition) is 2. The van der Waals surface area contributed by atoms with Crippen molar-refractivity contribution in [3.05, 3.63) is 53.1 Å². The van der Waals surface area contributed by atoms with Crippen LogP contribution in [0.1, 0.15) is 29.4 Å². The predicted octanol–water partition coefficient (Wildman–Crippen LogP) is 2.14. The summed E-state index contributed by atoms with van der Waals surface area (Å²) in [4.78, 5) is 4.18. The van der Waals surface area contributed by atoms with E-state index in [-0.39, 0.29) is 5.56 Å². The zero-order chi connectivity index (χ0) is 14.7. The summed E-state index contributed by atoms with van der Waals surface area (Å²) in [5.41, 5.74) is 2.88. The Labute approximate surface area is 116 Å². The van der Waals surface area contributed by atoms with E-state index in [9.17, 15) is 8.78 Å². The molecule has 2 aromatic rings. The van der Waals surface area contributed by atoms with Crippen LogP contribution in [0.15, 0.2) is 24.5 Å². The molecule has 1 aromatic carbocycles. The highest BCUT2D eigenvalue weighted by Crippen LogP contribution is 2.26. The van der Waals surface area contributed by atoms with Crippen molar-refractivity contribution in [1.82, 2.24) is 15.0 Å². The van der Waals surface area contributed by atoms with E-state index in [1.54, 1.807) is 13.1 Å². The van der Waals surface area contributed by atoms with Gasteiger partial charge in [-0.1, -0.05) is 6.07 Å². The SMILES string of the molecule is Cc1ccc(F)c(C(CCc2nccn2C)NN)c1F. The molecule has 20 heavy (non-hydrogen) atoms. The molecule has 0 amide bonds. The molecule has 1 heterocycles. The van der Waals surface area contributed by atoms with Crippen LogP contribution in [-0.2, 0) is 13.5 Å². The van der Waals surface area contributed by atoms with Crippen molar-refractivity contribution >= 4 is 0 Å². The highest BCUT2D eigenvalue weighted by molar-refractivity contribution is 5.29. The Balaban J connectivity index is 2.21. The van der Waals surface area contributed by atoms with Gasteiger partial charge in [0.15, 0.2) is 0 Å². The normalized spacial score (nSPS) is 12.7. The van der Waals surface area contributed by atoms with Crippen LogP contribution in [0.5, 0.6) is 0 Å². The summed E-state index contributed by atoms with van der Waals surface area (Å²) in [7, 11) is 1.88. The Morgan fingerprint density at radius 3 is 2.75 bits per heavy atom. The van der Waals surface area contributed by atoms with Crippen molar-refractivity contribution in [3.8, 4) is 0 Å². The molecule has 0 aliphatic carbocycles. The Bertz CT molecular complexity index is 595. The zero-order valence-electron chi connectivity index (χ0n) is 11.5. The van der Waals surface area contributed by atoms with Crippen LogP contribution < -0.4 is 11.3 Å². The van der Waals surface area contributed by atoms with E-state index in [0.717, 1.165) is 5.82 Å². The topological polar surface area (TPSA) is 55.9 Å². The third-order valence-electron chi connectivity index (χ3n) is 3.45. The van der Waals surface area contributed by atoms with Crippen LogP contribution in [0.4, 0.5) is 8.78 Å². The molecule has 0 saturated heterocycles. The summed E-state index contributed by atoms with van der Waals surface area (Å²) in [6.07, 6.45) is 4.55. The molecule has 4 nitrogen and oxygen atoms in total. The molecule has 0 spiro atoms. The predicted molar refractivity (Wildman–Crippen MR) is 72.7 cm³/mol. The van der Waals surface area contributed by atoms with Gasteiger partial charge in [0.1, 0.15) is 17.5 Å². The van der Waals surface area contributed by atoms with E-state index in [2.05, 4.69) is 10.4 Å². The molecule has 2 rings (SSSR count). The van der Waals surface area contributed by atoms with Gasteiger partial charge >= 0.3 is 0 Å². The van der Waals surface area contributed by atoms with E-state index in [0.29, 0.717) is 18.4 Å². The van der Waals surface area contributed by atoms with Gasteiger partial charge in [-0.3, -0.25) is 11.3 Å². The molecule has 0 aliphatic heterocycles. The van der Waals surface area contributed by atoms with Crippen LogP contribution >= 0.6 is 0 Å². The van der Waals surface area contributed by atoms with Gasteiger partial charge in [0.05, 0.1) is 6.04 Å². The van der Waals surface area contributed by atoms with Crippen LogP contribution in [0, 0.1) is 18.6 Å². The molecule has 0 fully saturated rings. The zero-order valence-corrected chi connectivity index (χ0v) is 11.5. The molecule has 0 saturated carbocycles. The monoisotopic (exact) mass is 280 g/mol. The molecule has 0 aliphatic rings. The average molecular weight is 280 g/mol. The lowest BCUT2D eigenvalue weighted by molar-refractivity contribution is 0.447. The number of nitrogens with zero attached hydrogens (tertiary/aromatic N) is 2. The van der Waals surface area contributed by atoms with E-state index in [4.69, 9.17) is 5.84 Å². The van der Waals surface area contributed by atoms with Crippen LogP contribution in [0.2, 0.25) is 0 Å². The lowest BCUT2D eigenvalue weighted by atomic mass is 9.99. The van der Waals surface area contributed by atoms with E-state index < -0.39 is 17.7 Å². The lowest BCUT2D eigenvalue weighted by Crippen LogP contribution is -2.30. The summed E-state index contributed by atoms with van der Waals surface area (Å²) < 4.78 is 29.8. The number of rotatable bonds is 5. The van der Waals surface area contributed by atoms with Crippen LogP contribution in [-0.4, -0.2) is 9.55 Å². The van der Waals surface area contributed by atoms with E-state index >= 15 is 0 Å². The number of nitrogens with two attached hydrogens (primary N) is 1. The molecular formula is C14H18F2N4. The van der Waals surface area contributed by atoms with Gasteiger partial charge in [-0.15, -0.1) is 0 Å². The Hall–Kier alpha value is -1.79. The number of aryl methyl sites for hydroxylation is 3. The highest BCUT2D eigenvalue weighted by Gasteiger charge is 2.21. The van der Waals surface area contributed by atoms with Gasteiger partial charge in [0.25, 0.3) is 0 Å². The third kappa shape index (κ3) is 2.86. The van der Waals surface area contributed by atoms with Crippen molar-refractivity contribution in [2.24, 2.45) is 12.9 Å². The maximum absolute atomic E-state index is 14.1. The number of halogens is 2. The second-order valence-corrected chi connectivity index (χ2v) is 4.80. The standard InChI is InChI=1S/C14H18F2N4/c1-9-3-4-10(15)13(14(9)16)11(19-17)5-6-12-18-7-8-20(12)2/h3-4,7-8,11,19H,5-6,17H2,1-2H3. The second-order valence-electron chi connectivity index (χ2n) is 4.80. The van der Waals surface area contributed by atoms with Crippen LogP contribution in [0.3, 0.4) is 0 Å². The fraction of sp³-hybridized carbons (Fsp3) is 0.357. The number of aromatic nitrogens is 2. The number of hydrogen-bond acceptors (Lipinski definition) is 3. The first-order valence-corrected chi connectivity index (χ1v) is 6.41. The first-order chi connectivity index (χ1) is 9.54. The summed E-state index contributed by atoms with van der Waals surface area (Å²) in [6, 6.07) is 2.09. The summed E-state index contributed by atoms with van der Waals surface area (Å²) >= 11 is 0. The molecule has 6 heteroatoms. The molecule has 1 atom stereocenters. The fourth-order valence-electron chi connectivity index (χ4n) is 2.22. The molecule has 1 unspecified atom stereocenters. The summed E-state index contributed by atoms with van der Waals surface area (Å²) in [5, 5.41) is 0. The van der Waals surface area contributed by atoms with Gasteiger partial charge in [0, 0.05) is 31.4 Å². The molecule has 1 aromatic heterocycles. The summed E-state index contributed by atoms with van der Waals surface area (Å²) in [5.74, 6) is 5.17. The van der Waals surface area contributed by atoms with Gasteiger partial charge < -0.3 is 4.57 Å². The molecule has 108 valence electrons. The number of benzene rings is 1. The first kappa shape index (κ1) is 14.6. The minimum Gasteiger partial charge on any atom is -0.338 e. The number of imidazole rings is 1. The maximum Gasteiger partial charge on any atom is 0.133 e. The molecule has 0 radical (unpaired) electrons. The Morgan fingerprint density at radius 2 is 2.15 bits per heavy atom. The van der Waals surface area contributed by atoms with Gasteiger partial charge in [-0.2, -0.15) is 0 Å². The van der Waals surface area contributed by atoms with E-state index in [1.165, 1.54) is 12.1 Å². The van der Waals surface area contributed by atoms with Gasteiger partial charge in [-0.25, -0.2) is 13.8 Å². The van der Waals surface area contributed by atoms with Crippen molar-refractivity contribution in [1.29, 1.82) is 0 Å². The van der Waals surface area contributed by atoms with Crippen molar-refractivity contribution in [3.63, 3.8) is 0 Å². The largest absolute Gasteiger partial charge is 0.338 e. The molecule has 3 N–H and O–H groups in total. The van der Waals surface area contributed by atoms with Crippen molar-refractivity contribution in [2.45, 2.75) is 25.8 Å². The minimum absolute atomic E-state index is 0.0123. The highest BCUT2D eigenvalue weighted by atomic mass is 19.1. The van der Waals surface area contributed by atoms with Gasteiger partial charge in [0.2, 0.25) is 0 Å².